The molecule has 0 aliphatic carbocycles. The maximum absolute atomic E-state index is 10.1. The third-order valence-corrected chi connectivity index (χ3v) is 4.34. The van der Waals surface area contributed by atoms with E-state index in [0.29, 0.717) is 12.1 Å². The Kier molecular flexibility index (Phi) is 11.9. The van der Waals surface area contributed by atoms with Gasteiger partial charge in [-0.05, 0) is 11.1 Å². The van der Waals surface area contributed by atoms with Gasteiger partial charge in [-0.3, -0.25) is 0 Å². The first-order valence-corrected chi connectivity index (χ1v) is 8.92. The van der Waals surface area contributed by atoms with Gasteiger partial charge in [-0.1, -0.05) is 24.3 Å². The molecule has 0 saturated carbocycles. The van der Waals surface area contributed by atoms with E-state index in [-0.39, 0.29) is 0 Å². The normalized spacial score (nSPS) is 13.0. The maximum Gasteiger partial charge on any atom is 0.334 e. The number of aliphatic hydroxyl groups excluding tert-OH is 4. The van der Waals surface area contributed by atoms with Gasteiger partial charge in [0.2, 0.25) is 0 Å². The van der Waals surface area contributed by atoms with Crippen LogP contribution in [-0.2, 0) is 10.9 Å². The van der Waals surface area contributed by atoms with Gasteiger partial charge in [0, 0.05) is 6.54 Å². The SMILES string of the molecule is NCc1cccc(C(O)C(CO)(CO)CO)c1.OP(O)OP(O)O. The fraction of sp³-hybridized carbons (Fsp3) is 0.500. The molecule has 1 unspecified atom stereocenters. The van der Waals surface area contributed by atoms with Gasteiger partial charge in [0.25, 0.3) is 0 Å². The number of hydrogen-bond acceptors (Lipinski definition) is 10. The Bertz CT molecular complexity index is 446. The molecule has 1 aromatic carbocycles. The predicted molar refractivity (Wildman–Crippen MR) is 86.8 cm³/mol. The van der Waals surface area contributed by atoms with E-state index < -0.39 is 48.5 Å². The van der Waals surface area contributed by atoms with Crippen LogP contribution in [0, 0.1) is 5.41 Å². The van der Waals surface area contributed by atoms with Crippen molar-refractivity contribution >= 4 is 17.2 Å². The predicted octanol–water partition coefficient (Wildman–Crippen LogP) is -1.43. The molecule has 1 rings (SSSR count). The first-order chi connectivity index (χ1) is 11.3. The molecule has 12 heteroatoms. The Balaban J connectivity index is 0.000000640. The lowest BCUT2D eigenvalue weighted by molar-refractivity contribution is -0.0852. The Morgan fingerprint density at radius 1 is 1.00 bits per heavy atom. The van der Waals surface area contributed by atoms with E-state index in [4.69, 9.17) is 25.3 Å². The van der Waals surface area contributed by atoms with Gasteiger partial charge in [0.05, 0.1) is 31.3 Å². The summed E-state index contributed by atoms with van der Waals surface area (Å²) >= 11 is 0. The highest BCUT2D eigenvalue weighted by Crippen LogP contribution is 2.41. The highest BCUT2D eigenvalue weighted by atomic mass is 31.2. The van der Waals surface area contributed by atoms with Crippen LogP contribution in [0.25, 0.3) is 0 Å². The molecule has 0 amide bonds. The van der Waals surface area contributed by atoms with Crippen molar-refractivity contribution in [1.29, 1.82) is 0 Å². The molecule has 0 aromatic heterocycles. The van der Waals surface area contributed by atoms with E-state index >= 15 is 0 Å². The van der Waals surface area contributed by atoms with Gasteiger partial charge in [-0.15, -0.1) is 0 Å². The Morgan fingerprint density at radius 2 is 1.50 bits per heavy atom. The van der Waals surface area contributed by atoms with E-state index in [1.807, 2.05) is 6.07 Å². The number of rotatable bonds is 8. The maximum atomic E-state index is 10.1. The van der Waals surface area contributed by atoms with Crippen molar-refractivity contribution in [3.63, 3.8) is 0 Å². The van der Waals surface area contributed by atoms with Gasteiger partial charge in [-0.25, -0.2) is 4.31 Å². The van der Waals surface area contributed by atoms with Crippen LogP contribution in [0.2, 0.25) is 0 Å². The fourth-order valence-corrected chi connectivity index (χ4v) is 2.24. The molecule has 0 saturated heterocycles. The van der Waals surface area contributed by atoms with Crippen LogP contribution in [0.1, 0.15) is 17.2 Å². The van der Waals surface area contributed by atoms with Crippen LogP contribution in [0.3, 0.4) is 0 Å². The summed E-state index contributed by atoms with van der Waals surface area (Å²) in [6, 6.07) is 6.91. The van der Waals surface area contributed by atoms with Crippen LogP contribution in [0.5, 0.6) is 0 Å². The first-order valence-electron chi connectivity index (χ1n) is 6.59. The molecule has 0 aliphatic heterocycles. The number of hydrogen-bond donors (Lipinski definition) is 9. The molecule has 140 valence electrons. The molecule has 0 fully saturated rings. The summed E-state index contributed by atoms with van der Waals surface area (Å²) in [5.41, 5.74) is 5.51. The monoisotopic (exact) mass is 387 g/mol. The summed E-state index contributed by atoms with van der Waals surface area (Å²) in [6.07, 6.45) is -1.14. The third kappa shape index (κ3) is 7.71. The van der Waals surface area contributed by atoms with Gasteiger partial charge in [0.1, 0.15) is 0 Å². The quantitative estimate of drug-likeness (QED) is 0.238. The van der Waals surface area contributed by atoms with Crippen LogP contribution in [0.15, 0.2) is 24.3 Å². The molecule has 10 nitrogen and oxygen atoms in total. The standard InChI is InChI=1S/C12H19NO4.H4O5P2/c13-5-9-2-1-3-10(4-9)11(17)12(6-14,7-15)8-16;1-6(2)5-7(3)4/h1-4,11,14-17H,5-8,13H2;1-4H. The van der Waals surface area contributed by atoms with Gasteiger partial charge in [0.15, 0.2) is 0 Å². The van der Waals surface area contributed by atoms with E-state index in [0.717, 1.165) is 5.56 Å². The zero-order valence-electron chi connectivity index (χ0n) is 12.7. The largest absolute Gasteiger partial charge is 0.395 e. The molecule has 0 spiro atoms. The molecule has 10 N–H and O–H groups in total. The lowest BCUT2D eigenvalue weighted by Gasteiger charge is -2.33. The topological polar surface area (TPSA) is 197 Å². The Hall–Kier alpha value is -0.320. The van der Waals surface area contributed by atoms with Gasteiger partial charge >= 0.3 is 17.2 Å². The Morgan fingerprint density at radius 3 is 1.83 bits per heavy atom. The van der Waals surface area contributed by atoms with Crippen LogP contribution >= 0.6 is 17.2 Å². The molecular weight excluding hydrogens is 364 g/mol. The zero-order chi connectivity index (χ0) is 18.8. The lowest BCUT2D eigenvalue weighted by Crippen LogP contribution is -2.40. The second-order valence-electron chi connectivity index (χ2n) is 4.78. The average Bonchev–Trinajstić information content (AvgIpc) is 2.56. The number of benzene rings is 1. The molecule has 1 aromatic rings. The third-order valence-electron chi connectivity index (χ3n) is 3.17. The minimum absolute atomic E-state index is 0.338. The van der Waals surface area contributed by atoms with Gasteiger partial charge < -0.3 is 45.7 Å². The van der Waals surface area contributed by atoms with Crippen molar-refractivity contribution in [2.24, 2.45) is 11.1 Å². The van der Waals surface area contributed by atoms with Crippen molar-refractivity contribution in [3.8, 4) is 0 Å². The van der Waals surface area contributed by atoms with Crippen molar-refractivity contribution < 1.29 is 44.3 Å². The molecule has 1 atom stereocenters. The summed E-state index contributed by atoms with van der Waals surface area (Å²) in [5.74, 6) is 0. The summed E-state index contributed by atoms with van der Waals surface area (Å²) in [6.45, 7) is -1.18. The smallest absolute Gasteiger partial charge is 0.334 e. The summed E-state index contributed by atoms with van der Waals surface area (Å²) < 4.78 is 3.60. The second-order valence-corrected chi connectivity index (χ2v) is 6.44. The molecule has 0 heterocycles. The van der Waals surface area contributed by atoms with Crippen LogP contribution in [0.4, 0.5) is 0 Å². The summed E-state index contributed by atoms with van der Waals surface area (Å²) in [4.78, 5) is 31.3. The van der Waals surface area contributed by atoms with E-state index in [1.165, 1.54) is 0 Å². The molecule has 24 heavy (non-hydrogen) atoms. The second kappa shape index (κ2) is 12.1. The number of aliphatic hydroxyl groups is 4. The molecule has 0 aliphatic rings. The Labute approximate surface area is 141 Å². The first kappa shape index (κ1) is 23.7. The number of nitrogens with two attached hydrogens (primary N) is 1. The summed E-state index contributed by atoms with van der Waals surface area (Å²) in [5, 5.41) is 37.8. The zero-order valence-corrected chi connectivity index (χ0v) is 14.5. The molecule has 0 bridgehead atoms. The highest BCUT2D eigenvalue weighted by Gasteiger charge is 2.37. The van der Waals surface area contributed by atoms with Crippen LogP contribution < -0.4 is 5.73 Å². The van der Waals surface area contributed by atoms with Crippen LogP contribution in [-0.4, -0.2) is 59.8 Å². The van der Waals surface area contributed by atoms with Crippen molar-refractivity contribution in [3.05, 3.63) is 35.4 Å². The fourth-order valence-electron chi connectivity index (χ4n) is 1.72. The highest BCUT2D eigenvalue weighted by molar-refractivity contribution is 7.53. The lowest BCUT2D eigenvalue weighted by atomic mass is 9.80. The van der Waals surface area contributed by atoms with E-state index in [1.54, 1.807) is 18.2 Å². The van der Waals surface area contributed by atoms with Crippen molar-refractivity contribution in [2.75, 3.05) is 19.8 Å². The van der Waals surface area contributed by atoms with Crippen molar-refractivity contribution in [1.82, 2.24) is 0 Å². The van der Waals surface area contributed by atoms with Gasteiger partial charge in [-0.2, -0.15) is 0 Å². The molecule has 0 radical (unpaired) electrons. The molecular formula is C12H23NO9P2. The average molecular weight is 387 g/mol. The minimum atomic E-state index is -2.61. The van der Waals surface area contributed by atoms with E-state index in [9.17, 15) is 20.4 Å². The van der Waals surface area contributed by atoms with E-state index in [2.05, 4.69) is 4.31 Å². The van der Waals surface area contributed by atoms with Crippen molar-refractivity contribution in [2.45, 2.75) is 12.6 Å². The minimum Gasteiger partial charge on any atom is -0.395 e. The summed E-state index contributed by atoms with van der Waals surface area (Å²) in [7, 11) is -5.22.